The zero-order chi connectivity index (χ0) is 22.1. The highest BCUT2D eigenvalue weighted by Gasteiger charge is 2.12. The van der Waals surface area contributed by atoms with Crippen molar-refractivity contribution >= 4 is 17.3 Å². The van der Waals surface area contributed by atoms with E-state index in [0.29, 0.717) is 6.42 Å². The van der Waals surface area contributed by atoms with Crippen LogP contribution in [0.15, 0.2) is 72.8 Å². The number of hydrogen-bond acceptors (Lipinski definition) is 4. The summed E-state index contributed by atoms with van der Waals surface area (Å²) in [6.07, 6.45) is 1.37. The van der Waals surface area contributed by atoms with E-state index in [-0.39, 0.29) is 5.91 Å². The molecule has 0 saturated heterocycles. The predicted molar refractivity (Wildman–Crippen MR) is 129 cm³/mol. The summed E-state index contributed by atoms with van der Waals surface area (Å²) in [5.74, 6) is 0.734. The first-order chi connectivity index (χ1) is 15.1. The van der Waals surface area contributed by atoms with Gasteiger partial charge in [-0.3, -0.25) is 4.79 Å². The maximum atomic E-state index is 12.7. The highest BCUT2D eigenvalue weighted by atomic mass is 16.5. The molecule has 31 heavy (non-hydrogen) atoms. The molecule has 0 saturated carbocycles. The third kappa shape index (κ3) is 6.59. The number of carbonyl (C=O) groups excluding carboxylic acids is 1. The van der Waals surface area contributed by atoms with Gasteiger partial charge in [0.25, 0.3) is 0 Å². The van der Waals surface area contributed by atoms with Gasteiger partial charge in [-0.05, 0) is 56.9 Å². The minimum Gasteiger partial charge on any atom is -0.497 e. The number of hydrogen-bond donors (Lipinski definition) is 2. The summed E-state index contributed by atoms with van der Waals surface area (Å²) in [5, 5.41) is 6.64. The second-order valence-electron chi connectivity index (χ2n) is 7.75. The Labute approximate surface area is 185 Å². The van der Waals surface area contributed by atoms with Crippen LogP contribution in [-0.2, 0) is 11.2 Å². The van der Waals surface area contributed by atoms with E-state index in [0.717, 1.165) is 53.3 Å². The van der Waals surface area contributed by atoms with Gasteiger partial charge in [0.1, 0.15) is 5.75 Å². The summed E-state index contributed by atoms with van der Waals surface area (Å²) >= 11 is 0. The number of nitrogens with zero attached hydrogens (tertiary/aromatic N) is 1. The van der Waals surface area contributed by atoms with Gasteiger partial charge >= 0.3 is 0 Å². The molecule has 0 bridgehead atoms. The Balaban J connectivity index is 1.73. The normalized spacial score (nSPS) is 10.7. The summed E-state index contributed by atoms with van der Waals surface area (Å²) in [6, 6.07) is 23.7. The maximum Gasteiger partial charge on any atom is 0.228 e. The van der Waals surface area contributed by atoms with Gasteiger partial charge < -0.3 is 20.3 Å². The van der Waals surface area contributed by atoms with E-state index in [1.54, 1.807) is 7.11 Å². The van der Waals surface area contributed by atoms with Crippen LogP contribution < -0.4 is 15.4 Å². The molecule has 3 aromatic carbocycles. The first-order valence-corrected chi connectivity index (χ1v) is 10.6. The van der Waals surface area contributed by atoms with Crippen molar-refractivity contribution in [2.45, 2.75) is 12.8 Å². The van der Waals surface area contributed by atoms with E-state index in [4.69, 9.17) is 4.74 Å². The van der Waals surface area contributed by atoms with Crippen LogP contribution in [0.3, 0.4) is 0 Å². The lowest BCUT2D eigenvalue weighted by atomic mass is 10.0. The lowest BCUT2D eigenvalue weighted by Gasteiger charge is -2.17. The van der Waals surface area contributed by atoms with Gasteiger partial charge in [0.15, 0.2) is 0 Å². The zero-order valence-electron chi connectivity index (χ0n) is 18.5. The quantitative estimate of drug-likeness (QED) is 0.461. The molecule has 0 aliphatic carbocycles. The lowest BCUT2D eigenvalue weighted by Crippen LogP contribution is -2.16. The van der Waals surface area contributed by atoms with Crippen molar-refractivity contribution in [3.63, 3.8) is 0 Å². The summed E-state index contributed by atoms with van der Waals surface area (Å²) in [7, 11) is 5.80. The van der Waals surface area contributed by atoms with E-state index in [9.17, 15) is 4.79 Å². The van der Waals surface area contributed by atoms with Crippen LogP contribution in [-0.4, -0.2) is 45.1 Å². The summed E-state index contributed by atoms with van der Waals surface area (Å²) in [5.41, 5.74) is 4.90. The van der Waals surface area contributed by atoms with Gasteiger partial charge in [-0.1, -0.05) is 48.5 Å². The Morgan fingerprint density at radius 3 is 2.13 bits per heavy atom. The Hall–Kier alpha value is -3.31. The van der Waals surface area contributed by atoms with Crippen LogP contribution in [0.1, 0.15) is 12.0 Å². The second-order valence-corrected chi connectivity index (χ2v) is 7.75. The van der Waals surface area contributed by atoms with Crippen LogP contribution in [0.5, 0.6) is 5.75 Å². The molecule has 3 aromatic rings. The number of nitrogens with one attached hydrogen (secondary N) is 2. The van der Waals surface area contributed by atoms with Crippen LogP contribution in [0, 0.1) is 0 Å². The number of rotatable bonds is 10. The molecule has 0 unspecified atom stereocenters. The fraction of sp³-hybridized carbons (Fsp3) is 0.269. The highest BCUT2D eigenvalue weighted by Crippen LogP contribution is 2.33. The standard InChI is InChI=1S/C26H31N3O2/c1-29(2)18-8-17-27-24-11-6-4-9-22(24)23-10-5-7-12-25(23)28-26(30)19-20-13-15-21(31-3)16-14-20/h4-7,9-16,27H,8,17-19H2,1-3H3,(H,28,30). The van der Waals surface area contributed by atoms with Crippen LogP contribution in [0.4, 0.5) is 11.4 Å². The van der Waals surface area contributed by atoms with E-state index in [1.165, 1.54) is 0 Å². The molecule has 0 aliphatic heterocycles. The molecule has 0 fully saturated rings. The molecule has 1 amide bonds. The molecule has 162 valence electrons. The molecule has 0 atom stereocenters. The van der Waals surface area contributed by atoms with Crippen molar-refractivity contribution in [2.75, 3.05) is 44.9 Å². The molecule has 0 radical (unpaired) electrons. The molecule has 3 rings (SSSR count). The second kappa shape index (κ2) is 11.2. The Kier molecular flexibility index (Phi) is 8.07. The minimum absolute atomic E-state index is 0.0472. The summed E-state index contributed by atoms with van der Waals surface area (Å²) < 4.78 is 5.18. The number of carbonyl (C=O) groups is 1. The Morgan fingerprint density at radius 2 is 1.48 bits per heavy atom. The molecule has 0 heterocycles. The maximum absolute atomic E-state index is 12.7. The Bertz CT molecular complexity index is 984. The molecule has 0 aromatic heterocycles. The number of ether oxygens (including phenoxy) is 1. The van der Waals surface area contributed by atoms with Gasteiger partial charge in [-0.25, -0.2) is 0 Å². The first kappa shape index (κ1) is 22.4. The SMILES string of the molecule is COc1ccc(CC(=O)Nc2ccccc2-c2ccccc2NCCCN(C)C)cc1. The Morgan fingerprint density at radius 1 is 0.871 bits per heavy atom. The largest absolute Gasteiger partial charge is 0.497 e. The van der Waals surface area contributed by atoms with Crippen LogP contribution in [0.25, 0.3) is 11.1 Å². The van der Waals surface area contributed by atoms with Gasteiger partial charge in [-0.2, -0.15) is 0 Å². The fourth-order valence-electron chi connectivity index (χ4n) is 3.44. The van der Waals surface area contributed by atoms with E-state index >= 15 is 0 Å². The lowest BCUT2D eigenvalue weighted by molar-refractivity contribution is -0.115. The number of amides is 1. The average Bonchev–Trinajstić information content (AvgIpc) is 2.78. The van der Waals surface area contributed by atoms with Crippen molar-refractivity contribution in [3.05, 3.63) is 78.4 Å². The first-order valence-electron chi connectivity index (χ1n) is 10.6. The molecule has 5 heteroatoms. The van der Waals surface area contributed by atoms with Crippen LogP contribution in [0.2, 0.25) is 0 Å². The number of benzene rings is 3. The molecular weight excluding hydrogens is 386 g/mol. The van der Waals surface area contributed by atoms with E-state index < -0.39 is 0 Å². The number of methoxy groups -OCH3 is 1. The highest BCUT2D eigenvalue weighted by molar-refractivity contribution is 5.98. The number of para-hydroxylation sites is 2. The third-order valence-corrected chi connectivity index (χ3v) is 5.04. The van der Waals surface area contributed by atoms with Crippen molar-refractivity contribution in [2.24, 2.45) is 0 Å². The van der Waals surface area contributed by atoms with Gasteiger partial charge in [0, 0.05) is 29.0 Å². The molecular formula is C26H31N3O2. The van der Waals surface area contributed by atoms with E-state index in [1.807, 2.05) is 60.7 Å². The third-order valence-electron chi connectivity index (χ3n) is 5.04. The van der Waals surface area contributed by atoms with E-state index in [2.05, 4.69) is 41.8 Å². The molecule has 0 spiro atoms. The minimum atomic E-state index is -0.0472. The zero-order valence-corrected chi connectivity index (χ0v) is 18.5. The van der Waals surface area contributed by atoms with Crippen molar-refractivity contribution in [3.8, 4) is 16.9 Å². The van der Waals surface area contributed by atoms with Crippen molar-refractivity contribution in [1.82, 2.24) is 4.90 Å². The molecule has 2 N–H and O–H groups in total. The summed E-state index contributed by atoms with van der Waals surface area (Å²) in [4.78, 5) is 14.9. The average molecular weight is 418 g/mol. The smallest absolute Gasteiger partial charge is 0.228 e. The van der Waals surface area contributed by atoms with Crippen molar-refractivity contribution in [1.29, 1.82) is 0 Å². The van der Waals surface area contributed by atoms with Crippen molar-refractivity contribution < 1.29 is 9.53 Å². The monoisotopic (exact) mass is 417 g/mol. The predicted octanol–water partition coefficient (Wildman–Crippen LogP) is 4.91. The van der Waals surface area contributed by atoms with Crippen LogP contribution >= 0.6 is 0 Å². The molecule has 0 aliphatic rings. The molecule has 5 nitrogen and oxygen atoms in total. The number of anilines is 2. The topological polar surface area (TPSA) is 53.6 Å². The fourth-order valence-corrected chi connectivity index (χ4v) is 3.44. The summed E-state index contributed by atoms with van der Waals surface area (Å²) in [6.45, 7) is 1.92. The van der Waals surface area contributed by atoms with Gasteiger partial charge in [0.2, 0.25) is 5.91 Å². The van der Waals surface area contributed by atoms with Gasteiger partial charge in [0.05, 0.1) is 13.5 Å². The van der Waals surface area contributed by atoms with Gasteiger partial charge in [-0.15, -0.1) is 0 Å².